The standard InChI is InChI=1S/C12H24O3S8/c1-16-8-22-12(14)6-19-10-21-11-20-9-18-3-5-23(15)4-2-17-7-13/h13H,2-11H2,1H3. The number of aliphatic hydroxyl groups is 1. The topological polar surface area (TPSA) is 54.4 Å². The summed E-state index contributed by atoms with van der Waals surface area (Å²) in [6.07, 6.45) is 2.01. The Hall–Kier alpha value is 2.23. The third-order valence-electron chi connectivity index (χ3n) is 2.06. The summed E-state index contributed by atoms with van der Waals surface area (Å²) >= 11 is 11.8. The molecule has 0 rings (SSSR count). The quantitative estimate of drug-likeness (QED) is 0.250. The van der Waals surface area contributed by atoms with E-state index in [1.165, 1.54) is 23.5 Å². The van der Waals surface area contributed by atoms with Gasteiger partial charge in [0.15, 0.2) is 5.12 Å². The second kappa shape index (κ2) is 20.5. The van der Waals surface area contributed by atoms with Crippen molar-refractivity contribution in [2.75, 3.05) is 61.3 Å². The van der Waals surface area contributed by atoms with Crippen LogP contribution in [0.5, 0.6) is 0 Å². The average molecular weight is 473 g/mol. The third kappa shape index (κ3) is 20.4. The Labute approximate surface area is 172 Å². The lowest BCUT2D eigenvalue weighted by atomic mass is 10.9. The van der Waals surface area contributed by atoms with Gasteiger partial charge in [-0.1, -0.05) is 11.8 Å². The minimum Gasteiger partial charge on any atom is -0.386 e. The number of carbonyl (C=O) groups is 1. The van der Waals surface area contributed by atoms with E-state index < -0.39 is 10.8 Å². The predicted molar refractivity (Wildman–Crippen MR) is 123 cm³/mol. The molecule has 11 heteroatoms. The van der Waals surface area contributed by atoms with Crippen LogP contribution in [0.1, 0.15) is 0 Å². The van der Waals surface area contributed by atoms with Gasteiger partial charge in [-0.15, -0.1) is 47.0 Å². The fourth-order valence-electron chi connectivity index (χ4n) is 1.07. The van der Waals surface area contributed by atoms with Gasteiger partial charge in [0.25, 0.3) is 0 Å². The van der Waals surface area contributed by atoms with Crippen LogP contribution in [0.15, 0.2) is 0 Å². The van der Waals surface area contributed by atoms with Crippen molar-refractivity contribution in [1.29, 1.82) is 0 Å². The van der Waals surface area contributed by atoms with E-state index >= 15 is 0 Å². The summed E-state index contributed by atoms with van der Waals surface area (Å²) in [7, 11) is -0.746. The highest BCUT2D eigenvalue weighted by atomic mass is 32.2. The lowest BCUT2D eigenvalue weighted by Gasteiger charge is -2.03. The van der Waals surface area contributed by atoms with Crippen molar-refractivity contribution in [2.24, 2.45) is 0 Å². The predicted octanol–water partition coefficient (Wildman–Crippen LogP) is 3.80. The van der Waals surface area contributed by atoms with Crippen LogP contribution < -0.4 is 0 Å². The monoisotopic (exact) mass is 472 g/mol. The maximum atomic E-state index is 11.6. The molecule has 0 aromatic rings. The minimum atomic E-state index is -0.746. The number of carbonyl (C=O) groups excluding carboxylic acids is 1. The molecule has 0 heterocycles. The van der Waals surface area contributed by atoms with Crippen LogP contribution in [-0.4, -0.2) is 75.7 Å². The Morgan fingerprint density at radius 2 is 1.52 bits per heavy atom. The van der Waals surface area contributed by atoms with E-state index in [1.54, 1.807) is 23.5 Å². The summed E-state index contributed by atoms with van der Waals surface area (Å²) in [6, 6.07) is 0. The molecular weight excluding hydrogens is 449 g/mol. The molecule has 1 atom stereocenters. The van der Waals surface area contributed by atoms with Gasteiger partial charge in [-0.2, -0.15) is 23.5 Å². The van der Waals surface area contributed by atoms with Crippen molar-refractivity contribution in [3.63, 3.8) is 0 Å². The van der Waals surface area contributed by atoms with Crippen LogP contribution >= 0.6 is 82.3 Å². The summed E-state index contributed by atoms with van der Waals surface area (Å²) in [5, 5.41) is 12.8. The maximum Gasteiger partial charge on any atom is 0.199 e. The molecular formula is C12H24O3S8. The highest BCUT2D eigenvalue weighted by Gasteiger charge is 2.02. The van der Waals surface area contributed by atoms with Gasteiger partial charge in [0.1, 0.15) is 0 Å². The summed E-state index contributed by atoms with van der Waals surface area (Å²) in [5.74, 6) is 3.86. The molecule has 0 radical (unpaired) electrons. The molecule has 3 nitrogen and oxygen atoms in total. The molecule has 0 spiro atoms. The molecule has 23 heavy (non-hydrogen) atoms. The summed E-state index contributed by atoms with van der Waals surface area (Å²) in [6.45, 7) is 0. The molecule has 0 fully saturated rings. The fraction of sp³-hybridized carbons (Fsp3) is 0.917. The van der Waals surface area contributed by atoms with E-state index in [1.807, 2.05) is 41.5 Å². The number of rotatable bonds is 17. The number of hydrogen-bond acceptors (Lipinski definition) is 10. The molecule has 0 saturated heterocycles. The number of hydrogen-bond donors (Lipinski definition) is 1. The molecule has 0 aromatic heterocycles. The molecule has 0 aliphatic heterocycles. The maximum absolute atomic E-state index is 11.6. The van der Waals surface area contributed by atoms with E-state index in [0.29, 0.717) is 11.5 Å². The van der Waals surface area contributed by atoms with E-state index in [9.17, 15) is 9.00 Å². The van der Waals surface area contributed by atoms with Crippen LogP contribution in [0.2, 0.25) is 0 Å². The first-order valence-corrected chi connectivity index (χ1v) is 16.3. The molecule has 0 bridgehead atoms. The van der Waals surface area contributed by atoms with Gasteiger partial charge < -0.3 is 5.11 Å². The van der Waals surface area contributed by atoms with Crippen LogP contribution in [0.3, 0.4) is 0 Å². The molecule has 0 aromatic carbocycles. The molecule has 0 saturated carbocycles. The van der Waals surface area contributed by atoms with Gasteiger partial charge in [0.05, 0.1) is 11.7 Å². The summed E-state index contributed by atoms with van der Waals surface area (Å²) in [4.78, 5) is 11.4. The molecule has 0 aliphatic rings. The fourth-order valence-corrected chi connectivity index (χ4v) is 9.56. The first-order chi connectivity index (χ1) is 11.2. The van der Waals surface area contributed by atoms with Crippen molar-refractivity contribution in [2.45, 2.75) is 0 Å². The summed E-state index contributed by atoms with van der Waals surface area (Å²) in [5.41, 5.74) is 0. The van der Waals surface area contributed by atoms with Gasteiger partial charge in [0, 0.05) is 54.2 Å². The second-order valence-corrected chi connectivity index (χ2v) is 14.0. The lowest BCUT2D eigenvalue weighted by Crippen LogP contribution is -2.07. The number of aliphatic hydroxyl groups excluding tert-OH is 1. The Morgan fingerprint density at radius 1 is 0.913 bits per heavy atom. The van der Waals surface area contributed by atoms with Crippen LogP contribution in [0.4, 0.5) is 0 Å². The number of thioether (sulfide) groups is 7. The average Bonchev–Trinajstić information content (AvgIpc) is 2.54. The van der Waals surface area contributed by atoms with E-state index in [-0.39, 0.29) is 11.1 Å². The SMILES string of the molecule is CSCSC(=O)CSCSCSCSCCS(=O)CCSCO. The minimum absolute atomic E-state index is 0.114. The highest BCUT2D eigenvalue weighted by Crippen LogP contribution is 2.22. The first kappa shape index (κ1) is 25.2. The highest BCUT2D eigenvalue weighted by molar-refractivity contribution is 8.27. The zero-order valence-electron chi connectivity index (χ0n) is 13.1. The third-order valence-corrected chi connectivity index (χ3v) is 11.6. The van der Waals surface area contributed by atoms with E-state index in [2.05, 4.69) is 0 Å². The Kier molecular flexibility index (Phi) is 22.5. The lowest BCUT2D eigenvalue weighted by molar-refractivity contribution is -0.108. The Morgan fingerprint density at radius 3 is 2.17 bits per heavy atom. The Bertz CT molecular complexity index is 306. The van der Waals surface area contributed by atoms with Crippen molar-refractivity contribution >= 4 is 98.2 Å². The zero-order valence-corrected chi connectivity index (χ0v) is 19.6. The van der Waals surface area contributed by atoms with Gasteiger partial charge in [0.2, 0.25) is 0 Å². The van der Waals surface area contributed by atoms with Crippen molar-refractivity contribution in [3.05, 3.63) is 0 Å². The van der Waals surface area contributed by atoms with Crippen LogP contribution in [-0.2, 0) is 15.6 Å². The second-order valence-electron chi connectivity index (χ2n) is 3.83. The van der Waals surface area contributed by atoms with Gasteiger partial charge in [-0.3, -0.25) is 9.00 Å². The van der Waals surface area contributed by atoms with E-state index in [0.717, 1.165) is 37.6 Å². The van der Waals surface area contributed by atoms with Crippen LogP contribution in [0, 0.1) is 0 Å². The van der Waals surface area contributed by atoms with Gasteiger partial charge in [-0.05, 0) is 6.26 Å². The van der Waals surface area contributed by atoms with Crippen LogP contribution in [0.25, 0.3) is 0 Å². The first-order valence-electron chi connectivity index (χ1n) is 6.69. The van der Waals surface area contributed by atoms with E-state index in [4.69, 9.17) is 5.11 Å². The van der Waals surface area contributed by atoms with Gasteiger partial charge in [-0.25, -0.2) is 0 Å². The molecule has 1 unspecified atom stereocenters. The van der Waals surface area contributed by atoms with Crippen molar-refractivity contribution < 1.29 is 14.1 Å². The molecule has 0 aliphatic carbocycles. The Balaban J connectivity index is 3.18. The summed E-state index contributed by atoms with van der Waals surface area (Å²) < 4.78 is 11.6. The van der Waals surface area contributed by atoms with Crippen molar-refractivity contribution in [1.82, 2.24) is 0 Å². The molecule has 1 N–H and O–H groups in total. The van der Waals surface area contributed by atoms with Gasteiger partial charge >= 0.3 is 0 Å². The normalized spacial score (nSPS) is 12.4. The molecule has 0 amide bonds. The zero-order chi connectivity index (χ0) is 17.2. The molecule has 138 valence electrons. The van der Waals surface area contributed by atoms with Crippen molar-refractivity contribution in [3.8, 4) is 0 Å². The largest absolute Gasteiger partial charge is 0.386 e. The smallest absolute Gasteiger partial charge is 0.199 e.